The number of hydrogen-bond donors (Lipinski definition) is 0. The maximum atomic E-state index is 6.07. The molecule has 0 aliphatic rings. The summed E-state index contributed by atoms with van der Waals surface area (Å²) in [6.07, 6.45) is 7.34. The molecule has 3 heterocycles. The third-order valence-electron chi connectivity index (χ3n) is 3.54. The zero-order valence-corrected chi connectivity index (χ0v) is 13.6. The first-order chi connectivity index (χ1) is 11.1. The van der Waals surface area contributed by atoms with Crippen molar-refractivity contribution in [2.75, 3.05) is 0 Å². The average molecular weight is 344 g/mol. The molecule has 0 fully saturated rings. The molecule has 0 saturated heterocycles. The lowest BCUT2D eigenvalue weighted by Gasteiger charge is -2.05. The number of nitrogens with zero attached hydrogens (tertiary/aromatic N) is 5. The van der Waals surface area contributed by atoms with Crippen molar-refractivity contribution in [2.45, 2.75) is 0 Å². The predicted octanol–water partition coefficient (Wildman–Crippen LogP) is 4.13. The Labute approximate surface area is 142 Å². The van der Waals surface area contributed by atoms with Crippen LogP contribution in [0.4, 0.5) is 0 Å². The third-order valence-corrected chi connectivity index (χ3v) is 3.97. The van der Waals surface area contributed by atoms with Crippen LogP contribution in [-0.2, 0) is 7.05 Å². The van der Waals surface area contributed by atoms with Gasteiger partial charge in [-0.2, -0.15) is 10.2 Å². The Hall–Kier alpha value is -2.37. The highest BCUT2D eigenvalue weighted by Gasteiger charge is 2.10. The van der Waals surface area contributed by atoms with Crippen LogP contribution in [0.15, 0.2) is 49.1 Å². The van der Waals surface area contributed by atoms with E-state index < -0.39 is 0 Å². The number of rotatable bonds is 2. The van der Waals surface area contributed by atoms with E-state index in [9.17, 15) is 0 Å². The molecule has 0 amide bonds. The van der Waals surface area contributed by atoms with Gasteiger partial charge in [-0.25, -0.2) is 9.67 Å². The molecule has 4 rings (SSSR count). The van der Waals surface area contributed by atoms with E-state index in [2.05, 4.69) is 15.2 Å². The SMILES string of the molecule is Cn1cc(-c2cnc3c(cnn3-c3cc(Cl)cc(Cl)c3)c2)cn1. The zero-order valence-electron chi connectivity index (χ0n) is 12.1. The van der Waals surface area contributed by atoms with Crippen LogP contribution in [0.3, 0.4) is 0 Å². The van der Waals surface area contributed by atoms with E-state index in [0.717, 1.165) is 27.8 Å². The van der Waals surface area contributed by atoms with Gasteiger partial charge in [0.15, 0.2) is 5.65 Å². The van der Waals surface area contributed by atoms with Gasteiger partial charge < -0.3 is 0 Å². The van der Waals surface area contributed by atoms with E-state index in [1.807, 2.05) is 31.7 Å². The number of fused-ring (bicyclic) bond motifs is 1. The Kier molecular flexibility index (Phi) is 3.32. The molecule has 0 bridgehead atoms. The van der Waals surface area contributed by atoms with Crippen LogP contribution in [0.2, 0.25) is 10.0 Å². The Balaban J connectivity index is 1.84. The summed E-state index contributed by atoms with van der Waals surface area (Å²) < 4.78 is 3.48. The number of benzene rings is 1. The second-order valence-corrected chi connectivity index (χ2v) is 6.10. The Morgan fingerprint density at radius 3 is 2.35 bits per heavy atom. The van der Waals surface area contributed by atoms with Crippen LogP contribution >= 0.6 is 23.2 Å². The van der Waals surface area contributed by atoms with E-state index in [4.69, 9.17) is 23.2 Å². The summed E-state index contributed by atoms with van der Waals surface area (Å²) in [5.74, 6) is 0. The van der Waals surface area contributed by atoms with Crippen molar-refractivity contribution in [1.82, 2.24) is 24.5 Å². The van der Waals surface area contributed by atoms with Crippen LogP contribution in [0, 0.1) is 0 Å². The normalized spacial score (nSPS) is 11.3. The maximum Gasteiger partial charge on any atom is 0.162 e. The zero-order chi connectivity index (χ0) is 16.0. The minimum atomic E-state index is 0.558. The van der Waals surface area contributed by atoms with Crippen molar-refractivity contribution in [3.63, 3.8) is 0 Å². The topological polar surface area (TPSA) is 48.5 Å². The lowest BCUT2D eigenvalue weighted by atomic mass is 10.1. The minimum Gasteiger partial charge on any atom is -0.275 e. The summed E-state index contributed by atoms with van der Waals surface area (Å²) >= 11 is 12.1. The standard InChI is InChI=1S/C16H11Cl2N5/c1-22-9-12(8-20-22)10-2-11-7-21-23(16(11)19-6-10)15-4-13(17)3-14(18)5-15/h2-9H,1H3. The van der Waals surface area contributed by atoms with Crippen molar-refractivity contribution in [3.05, 3.63) is 59.1 Å². The number of aryl methyl sites for hydroxylation is 1. The second kappa shape index (κ2) is 5.37. The number of halogens is 2. The Bertz CT molecular complexity index is 998. The van der Waals surface area contributed by atoms with Gasteiger partial charge in [-0.3, -0.25) is 4.68 Å². The molecule has 0 radical (unpaired) electrons. The van der Waals surface area contributed by atoms with Crippen LogP contribution in [-0.4, -0.2) is 24.5 Å². The quantitative estimate of drug-likeness (QED) is 0.549. The highest BCUT2D eigenvalue weighted by atomic mass is 35.5. The van der Waals surface area contributed by atoms with Gasteiger partial charge in [-0.1, -0.05) is 23.2 Å². The van der Waals surface area contributed by atoms with E-state index in [0.29, 0.717) is 10.0 Å². The summed E-state index contributed by atoms with van der Waals surface area (Å²) in [7, 11) is 1.89. The highest BCUT2D eigenvalue weighted by Crippen LogP contribution is 2.26. The molecule has 1 aromatic carbocycles. The lowest BCUT2D eigenvalue weighted by Crippen LogP contribution is -1.97. The second-order valence-electron chi connectivity index (χ2n) is 5.22. The molecule has 114 valence electrons. The van der Waals surface area contributed by atoms with Gasteiger partial charge in [0.05, 0.1) is 18.1 Å². The molecule has 0 N–H and O–H groups in total. The van der Waals surface area contributed by atoms with Crippen LogP contribution < -0.4 is 0 Å². The first-order valence-corrected chi connectivity index (χ1v) is 7.65. The molecule has 0 atom stereocenters. The fraction of sp³-hybridized carbons (Fsp3) is 0.0625. The van der Waals surface area contributed by atoms with Gasteiger partial charge in [0.25, 0.3) is 0 Å². The van der Waals surface area contributed by atoms with Crippen LogP contribution in [0.5, 0.6) is 0 Å². The largest absolute Gasteiger partial charge is 0.275 e. The van der Waals surface area contributed by atoms with Crippen molar-refractivity contribution >= 4 is 34.2 Å². The Morgan fingerprint density at radius 2 is 1.65 bits per heavy atom. The van der Waals surface area contributed by atoms with E-state index in [1.54, 1.807) is 33.8 Å². The summed E-state index contributed by atoms with van der Waals surface area (Å²) in [5, 5.41) is 10.6. The van der Waals surface area contributed by atoms with Crippen molar-refractivity contribution in [3.8, 4) is 16.8 Å². The molecule has 0 spiro atoms. The molecular formula is C16H11Cl2N5. The van der Waals surface area contributed by atoms with Crippen molar-refractivity contribution in [1.29, 1.82) is 0 Å². The predicted molar refractivity (Wildman–Crippen MR) is 91.1 cm³/mol. The molecule has 0 aliphatic carbocycles. The highest BCUT2D eigenvalue weighted by molar-refractivity contribution is 6.34. The van der Waals surface area contributed by atoms with Crippen molar-refractivity contribution < 1.29 is 0 Å². The van der Waals surface area contributed by atoms with E-state index >= 15 is 0 Å². The van der Waals surface area contributed by atoms with Gasteiger partial charge in [-0.15, -0.1) is 0 Å². The van der Waals surface area contributed by atoms with Gasteiger partial charge in [0.1, 0.15) is 0 Å². The van der Waals surface area contributed by atoms with Crippen LogP contribution in [0.25, 0.3) is 27.8 Å². The first-order valence-electron chi connectivity index (χ1n) is 6.89. The van der Waals surface area contributed by atoms with E-state index in [-0.39, 0.29) is 0 Å². The summed E-state index contributed by atoms with van der Waals surface area (Å²) in [6.45, 7) is 0. The van der Waals surface area contributed by atoms with E-state index in [1.165, 1.54) is 0 Å². The summed E-state index contributed by atoms with van der Waals surface area (Å²) in [5.41, 5.74) is 3.53. The molecule has 0 saturated carbocycles. The number of hydrogen-bond acceptors (Lipinski definition) is 3. The van der Waals surface area contributed by atoms with Gasteiger partial charge in [-0.05, 0) is 24.3 Å². The molecule has 5 nitrogen and oxygen atoms in total. The minimum absolute atomic E-state index is 0.558. The van der Waals surface area contributed by atoms with Gasteiger partial charge >= 0.3 is 0 Å². The molecule has 0 aliphatic heterocycles. The Morgan fingerprint density at radius 1 is 0.870 bits per heavy atom. The molecule has 3 aromatic heterocycles. The molecule has 0 unspecified atom stereocenters. The molecular weight excluding hydrogens is 333 g/mol. The number of aromatic nitrogens is 5. The first kappa shape index (κ1) is 14.2. The molecule has 7 heteroatoms. The lowest BCUT2D eigenvalue weighted by molar-refractivity contribution is 0.768. The average Bonchev–Trinajstić information content (AvgIpc) is 3.11. The third kappa shape index (κ3) is 2.58. The van der Waals surface area contributed by atoms with Gasteiger partial charge in [0, 0.05) is 46.0 Å². The monoisotopic (exact) mass is 343 g/mol. The van der Waals surface area contributed by atoms with Crippen molar-refractivity contribution in [2.24, 2.45) is 7.05 Å². The maximum absolute atomic E-state index is 6.07. The summed E-state index contributed by atoms with van der Waals surface area (Å²) in [4.78, 5) is 4.54. The fourth-order valence-electron chi connectivity index (χ4n) is 2.50. The van der Waals surface area contributed by atoms with Crippen LogP contribution in [0.1, 0.15) is 0 Å². The number of pyridine rings is 1. The van der Waals surface area contributed by atoms with Gasteiger partial charge in [0.2, 0.25) is 0 Å². The smallest absolute Gasteiger partial charge is 0.162 e. The molecule has 23 heavy (non-hydrogen) atoms. The fourth-order valence-corrected chi connectivity index (χ4v) is 3.01. The molecule has 4 aromatic rings. The summed E-state index contributed by atoms with van der Waals surface area (Å²) in [6, 6.07) is 7.33.